The summed E-state index contributed by atoms with van der Waals surface area (Å²) < 4.78 is 131. The number of halogens is 11. The van der Waals surface area contributed by atoms with Gasteiger partial charge in [0.2, 0.25) is 0 Å². The number of aryl methyl sites for hydroxylation is 2. The largest absolute Gasteiger partial charge is 0.393 e. The van der Waals surface area contributed by atoms with Gasteiger partial charge in [-0.2, -0.15) is 43.9 Å². The number of hydrogen-bond acceptors (Lipinski definition) is 2. The highest BCUT2D eigenvalue weighted by Gasteiger charge is 2.87. The molecule has 0 radical (unpaired) electrons. The molecule has 1 heterocycles. The molecule has 0 bridgehead atoms. The number of anilines is 1. The Balaban J connectivity index is 3.31. The van der Waals surface area contributed by atoms with Crippen LogP contribution in [0.5, 0.6) is 0 Å². The Morgan fingerprint density at radius 1 is 0.889 bits per heavy atom. The van der Waals surface area contributed by atoms with E-state index < -0.39 is 40.8 Å². The third kappa shape index (κ3) is 3.78. The first-order chi connectivity index (χ1) is 11.8. The number of carbonyl (C=O) groups is 1. The maximum atomic E-state index is 13.6. The van der Waals surface area contributed by atoms with Gasteiger partial charge in [0.25, 0.3) is 0 Å². The SMILES string of the molecule is Cc1cc(C)nc(NC(=O)C(F)(F)C(F)(F)C(F)(F)C(F)(F)C(F)(F)Cl)c1. The molecule has 154 valence electrons. The van der Waals surface area contributed by atoms with Crippen molar-refractivity contribution < 1.29 is 48.7 Å². The molecule has 0 spiro atoms. The topological polar surface area (TPSA) is 42.0 Å². The zero-order chi connectivity index (χ0) is 21.6. The van der Waals surface area contributed by atoms with E-state index in [0.717, 1.165) is 11.4 Å². The van der Waals surface area contributed by atoms with Gasteiger partial charge in [0.15, 0.2) is 0 Å². The molecule has 27 heavy (non-hydrogen) atoms. The summed E-state index contributed by atoms with van der Waals surface area (Å²) >= 11 is 3.66. The molecular formula is C13H9ClF10N2O. The molecule has 1 aromatic heterocycles. The minimum Gasteiger partial charge on any atom is -0.305 e. The maximum absolute atomic E-state index is 13.6. The quantitative estimate of drug-likeness (QED) is 0.505. The Kier molecular flexibility index (Phi) is 5.75. The lowest BCUT2D eigenvalue weighted by Gasteiger charge is -2.37. The summed E-state index contributed by atoms with van der Waals surface area (Å²) in [5.74, 6) is -32.3. The molecule has 0 unspecified atom stereocenters. The van der Waals surface area contributed by atoms with Crippen molar-refractivity contribution in [2.24, 2.45) is 0 Å². The van der Waals surface area contributed by atoms with Crippen LogP contribution in [0.3, 0.4) is 0 Å². The number of alkyl halides is 11. The van der Waals surface area contributed by atoms with E-state index in [1.807, 2.05) is 0 Å². The molecule has 1 N–H and O–H groups in total. The number of carbonyl (C=O) groups excluding carboxylic acids is 1. The van der Waals surface area contributed by atoms with E-state index in [-0.39, 0.29) is 11.3 Å². The molecule has 14 heteroatoms. The summed E-state index contributed by atoms with van der Waals surface area (Å²) in [6, 6.07) is 2.23. The Morgan fingerprint density at radius 3 is 1.78 bits per heavy atom. The van der Waals surface area contributed by atoms with Gasteiger partial charge in [0, 0.05) is 5.69 Å². The highest BCUT2D eigenvalue weighted by Crippen LogP contribution is 2.58. The van der Waals surface area contributed by atoms with E-state index in [4.69, 9.17) is 0 Å². The lowest BCUT2D eigenvalue weighted by atomic mass is 9.98. The number of nitrogens with zero attached hydrogens (tertiary/aromatic N) is 1. The van der Waals surface area contributed by atoms with Gasteiger partial charge in [-0.15, -0.1) is 0 Å². The average Bonchev–Trinajstić information content (AvgIpc) is 2.44. The van der Waals surface area contributed by atoms with Crippen LogP contribution >= 0.6 is 11.6 Å². The molecule has 0 aromatic carbocycles. The minimum absolute atomic E-state index is 0.0963. The normalized spacial score (nSPS) is 14.3. The third-order valence-electron chi connectivity index (χ3n) is 3.16. The molecule has 1 aromatic rings. The van der Waals surface area contributed by atoms with Crippen molar-refractivity contribution in [2.45, 2.75) is 42.9 Å². The molecule has 0 saturated carbocycles. The summed E-state index contributed by atoms with van der Waals surface area (Å²) in [7, 11) is 0. The van der Waals surface area contributed by atoms with Crippen molar-refractivity contribution in [3.8, 4) is 0 Å². The Morgan fingerprint density at radius 2 is 1.37 bits per heavy atom. The molecule has 1 rings (SSSR count). The average molecular weight is 435 g/mol. The minimum atomic E-state index is -7.40. The third-order valence-corrected chi connectivity index (χ3v) is 3.40. The van der Waals surface area contributed by atoms with Gasteiger partial charge < -0.3 is 5.32 Å². The predicted molar refractivity (Wildman–Crippen MR) is 72.9 cm³/mol. The van der Waals surface area contributed by atoms with Crippen LogP contribution in [0.2, 0.25) is 0 Å². The Labute approximate surface area is 149 Å². The summed E-state index contributed by atoms with van der Waals surface area (Å²) in [5.41, 5.74) is 0.380. The first-order valence-corrected chi connectivity index (χ1v) is 7.01. The number of nitrogens with one attached hydrogen (secondary N) is 1. The number of rotatable bonds is 6. The number of amides is 1. The highest BCUT2D eigenvalue weighted by atomic mass is 35.5. The molecule has 0 aliphatic rings. The fraction of sp³-hybridized carbons (Fsp3) is 0.538. The first kappa shape index (κ1) is 23.2. The van der Waals surface area contributed by atoms with Gasteiger partial charge in [-0.05, 0) is 43.1 Å². The van der Waals surface area contributed by atoms with Crippen LogP contribution in [0.15, 0.2) is 12.1 Å². The van der Waals surface area contributed by atoms with Crippen LogP contribution in [0, 0.1) is 13.8 Å². The maximum Gasteiger partial charge on any atom is 0.393 e. The first-order valence-electron chi connectivity index (χ1n) is 6.63. The van der Waals surface area contributed by atoms with Crippen molar-refractivity contribution in [1.82, 2.24) is 4.98 Å². The van der Waals surface area contributed by atoms with Crippen molar-refractivity contribution >= 4 is 23.3 Å². The molecule has 0 aliphatic carbocycles. The van der Waals surface area contributed by atoms with E-state index in [0.29, 0.717) is 0 Å². The summed E-state index contributed by atoms with van der Waals surface area (Å²) in [5, 5.41) is -5.26. The predicted octanol–water partition coefficient (Wildman–Crippen LogP) is 5.01. The lowest BCUT2D eigenvalue weighted by molar-refractivity contribution is -0.381. The standard InChI is InChI=1S/C13H9ClF10N2O/c1-5-3-6(2)25-7(4-5)26-8(27)9(15,16)10(17,18)11(19,20)12(21,22)13(14,23)24/h3-4H,1-2H3,(H,25,26,27). The van der Waals surface area contributed by atoms with Crippen LogP contribution in [0.4, 0.5) is 49.7 Å². The van der Waals surface area contributed by atoms with Crippen LogP contribution < -0.4 is 5.32 Å². The smallest absolute Gasteiger partial charge is 0.305 e. The molecule has 1 amide bonds. The molecular weight excluding hydrogens is 426 g/mol. The van der Waals surface area contributed by atoms with Gasteiger partial charge in [0.05, 0.1) is 0 Å². The summed E-state index contributed by atoms with van der Waals surface area (Å²) in [6.07, 6.45) is 0. The van der Waals surface area contributed by atoms with Crippen LogP contribution in [-0.4, -0.2) is 40.0 Å². The fourth-order valence-electron chi connectivity index (χ4n) is 1.82. The van der Waals surface area contributed by atoms with Crippen molar-refractivity contribution in [3.05, 3.63) is 23.4 Å². The van der Waals surface area contributed by atoms with Crippen molar-refractivity contribution in [3.63, 3.8) is 0 Å². The second-order valence-electron chi connectivity index (χ2n) is 5.42. The van der Waals surface area contributed by atoms with Crippen molar-refractivity contribution in [1.29, 1.82) is 0 Å². The highest BCUT2D eigenvalue weighted by molar-refractivity contribution is 6.22. The zero-order valence-electron chi connectivity index (χ0n) is 13.2. The second-order valence-corrected chi connectivity index (χ2v) is 5.90. The van der Waals surface area contributed by atoms with Crippen LogP contribution in [-0.2, 0) is 4.79 Å². The Bertz CT molecular complexity index is 712. The van der Waals surface area contributed by atoms with E-state index >= 15 is 0 Å². The monoisotopic (exact) mass is 434 g/mol. The Hall–Kier alpha value is -1.79. The lowest BCUT2D eigenvalue weighted by Crippen LogP contribution is -2.68. The number of pyridine rings is 1. The fourth-order valence-corrected chi connectivity index (χ4v) is 1.93. The molecule has 0 atom stereocenters. The summed E-state index contributed by atoms with van der Waals surface area (Å²) in [4.78, 5) is 14.8. The van der Waals surface area contributed by atoms with Crippen LogP contribution in [0.1, 0.15) is 11.3 Å². The molecule has 0 aliphatic heterocycles. The van der Waals surface area contributed by atoms with E-state index in [1.54, 1.807) is 0 Å². The van der Waals surface area contributed by atoms with Gasteiger partial charge >= 0.3 is 35.0 Å². The zero-order valence-corrected chi connectivity index (χ0v) is 13.9. The number of aromatic nitrogens is 1. The number of hydrogen-bond donors (Lipinski definition) is 1. The van der Waals surface area contributed by atoms with Gasteiger partial charge in [0.1, 0.15) is 5.82 Å². The molecule has 0 saturated heterocycles. The molecule has 3 nitrogen and oxygen atoms in total. The van der Waals surface area contributed by atoms with Crippen molar-refractivity contribution in [2.75, 3.05) is 5.32 Å². The molecule has 0 fully saturated rings. The van der Waals surface area contributed by atoms with E-state index in [9.17, 15) is 48.7 Å². The van der Waals surface area contributed by atoms with Gasteiger partial charge in [-0.1, -0.05) is 0 Å². The van der Waals surface area contributed by atoms with Gasteiger partial charge in [-0.3, -0.25) is 4.79 Å². The van der Waals surface area contributed by atoms with E-state index in [2.05, 4.69) is 16.6 Å². The van der Waals surface area contributed by atoms with Crippen LogP contribution in [0.25, 0.3) is 0 Å². The summed E-state index contributed by atoms with van der Waals surface area (Å²) in [6.45, 7) is 2.67. The van der Waals surface area contributed by atoms with Gasteiger partial charge in [-0.25, -0.2) is 4.98 Å². The second kappa shape index (κ2) is 6.67. The van der Waals surface area contributed by atoms with E-state index in [1.165, 1.54) is 19.9 Å².